The summed E-state index contributed by atoms with van der Waals surface area (Å²) in [7, 11) is 0. The number of nitrogens with two attached hydrogens (primary N) is 1. The summed E-state index contributed by atoms with van der Waals surface area (Å²) in [5.41, 5.74) is 7.06. The number of nitrogens with one attached hydrogen (secondary N) is 1. The molecule has 0 aliphatic carbocycles. The Kier molecular flexibility index (Phi) is 5.09. The number of hydrogen-bond acceptors (Lipinski definition) is 3. The summed E-state index contributed by atoms with van der Waals surface area (Å²) in [4.78, 5) is 14.6. The molecule has 0 bridgehead atoms. The standard InChI is InChI=1S/C15H21N3OS/c1-11-6-8-18(10-11)9-7-14(19)17-13-5-3-2-4-12(13)15(16)20/h2-5,11H,6-10H2,1H3,(H2,16,20)(H,17,19). The number of benzene rings is 1. The van der Waals surface area contributed by atoms with E-state index < -0.39 is 0 Å². The maximum Gasteiger partial charge on any atom is 0.225 e. The molecule has 1 aliphatic rings. The number of thiocarbonyl (C=S) groups is 1. The first-order chi connectivity index (χ1) is 9.56. The highest BCUT2D eigenvalue weighted by molar-refractivity contribution is 7.80. The lowest BCUT2D eigenvalue weighted by atomic mass is 10.1. The van der Waals surface area contributed by atoms with Crippen molar-refractivity contribution in [2.24, 2.45) is 11.7 Å². The van der Waals surface area contributed by atoms with Gasteiger partial charge in [-0.2, -0.15) is 0 Å². The summed E-state index contributed by atoms with van der Waals surface area (Å²) in [5, 5.41) is 2.89. The molecule has 1 fully saturated rings. The molecule has 1 aromatic carbocycles. The van der Waals surface area contributed by atoms with E-state index in [1.54, 1.807) is 0 Å². The van der Waals surface area contributed by atoms with Crippen LogP contribution in [-0.2, 0) is 4.79 Å². The van der Waals surface area contributed by atoms with Gasteiger partial charge in [-0.25, -0.2) is 0 Å². The predicted octanol–water partition coefficient (Wildman–Crippen LogP) is 1.99. The van der Waals surface area contributed by atoms with E-state index in [0.29, 0.717) is 22.7 Å². The van der Waals surface area contributed by atoms with Gasteiger partial charge < -0.3 is 16.0 Å². The van der Waals surface area contributed by atoms with Gasteiger partial charge in [0.05, 0.1) is 5.69 Å². The molecule has 4 nitrogen and oxygen atoms in total. The third-order valence-corrected chi connectivity index (χ3v) is 3.85. The van der Waals surface area contributed by atoms with Crippen LogP contribution in [0, 0.1) is 5.92 Å². The summed E-state index contributed by atoms with van der Waals surface area (Å²) < 4.78 is 0. The fraction of sp³-hybridized carbons (Fsp3) is 0.467. The molecule has 0 saturated carbocycles. The SMILES string of the molecule is CC1CCN(CCC(=O)Nc2ccccc2C(N)=S)C1. The molecule has 2 rings (SSSR count). The predicted molar refractivity (Wildman–Crippen MR) is 85.8 cm³/mol. The van der Waals surface area contributed by atoms with Gasteiger partial charge in [0, 0.05) is 25.1 Å². The number of hydrogen-bond donors (Lipinski definition) is 2. The number of rotatable bonds is 5. The summed E-state index contributed by atoms with van der Waals surface area (Å²) in [5.74, 6) is 0.752. The fourth-order valence-electron chi connectivity index (χ4n) is 2.51. The molecule has 5 heteroatoms. The Labute approximate surface area is 125 Å². The lowest BCUT2D eigenvalue weighted by Crippen LogP contribution is -2.26. The van der Waals surface area contributed by atoms with Crippen molar-refractivity contribution in [1.29, 1.82) is 0 Å². The molecule has 0 spiro atoms. The molecule has 0 radical (unpaired) electrons. The fourth-order valence-corrected chi connectivity index (χ4v) is 2.69. The van der Waals surface area contributed by atoms with Gasteiger partial charge in [-0.3, -0.25) is 4.79 Å². The molecule has 1 atom stereocenters. The first-order valence-electron chi connectivity index (χ1n) is 6.97. The van der Waals surface area contributed by atoms with Crippen LogP contribution >= 0.6 is 12.2 Å². The first-order valence-corrected chi connectivity index (χ1v) is 7.38. The van der Waals surface area contributed by atoms with Gasteiger partial charge in [-0.1, -0.05) is 31.3 Å². The maximum atomic E-state index is 12.0. The second-order valence-electron chi connectivity index (χ2n) is 5.40. The largest absolute Gasteiger partial charge is 0.389 e. The lowest BCUT2D eigenvalue weighted by molar-refractivity contribution is -0.116. The number of carbonyl (C=O) groups excluding carboxylic acids is 1. The van der Waals surface area contributed by atoms with Crippen LogP contribution in [0.15, 0.2) is 24.3 Å². The van der Waals surface area contributed by atoms with Crippen LogP contribution in [0.3, 0.4) is 0 Å². The van der Waals surface area contributed by atoms with Gasteiger partial charge >= 0.3 is 0 Å². The highest BCUT2D eigenvalue weighted by Crippen LogP contribution is 2.17. The van der Waals surface area contributed by atoms with Crippen molar-refractivity contribution in [2.75, 3.05) is 25.0 Å². The second-order valence-corrected chi connectivity index (χ2v) is 5.84. The molecule has 1 saturated heterocycles. The van der Waals surface area contributed by atoms with Crippen molar-refractivity contribution in [1.82, 2.24) is 4.90 Å². The zero-order valence-electron chi connectivity index (χ0n) is 11.8. The summed E-state index contributed by atoms with van der Waals surface area (Å²) in [6.45, 7) is 5.25. The van der Waals surface area contributed by atoms with Crippen LogP contribution in [0.5, 0.6) is 0 Å². The number of anilines is 1. The van der Waals surface area contributed by atoms with Crippen LogP contribution in [0.1, 0.15) is 25.3 Å². The summed E-state index contributed by atoms with van der Waals surface area (Å²) >= 11 is 4.99. The normalized spacial score (nSPS) is 18.9. The van der Waals surface area contributed by atoms with Gasteiger partial charge in [-0.05, 0) is 31.0 Å². The molecule has 108 valence electrons. The third kappa shape index (κ3) is 4.02. The highest BCUT2D eigenvalue weighted by atomic mass is 32.1. The van der Waals surface area contributed by atoms with E-state index in [0.717, 1.165) is 25.6 Å². The molecular formula is C15H21N3OS. The van der Waals surface area contributed by atoms with Crippen molar-refractivity contribution < 1.29 is 4.79 Å². The zero-order valence-corrected chi connectivity index (χ0v) is 12.6. The van der Waals surface area contributed by atoms with E-state index >= 15 is 0 Å². The monoisotopic (exact) mass is 291 g/mol. The number of para-hydroxylation sites is 1. The maximum absolute atomic E-state index is 12.0. The van der Waals surface area contributed by atoms with Gasteiger partial charge in [0.1, 0.15) is 4.99 Å². The van der Waals surface area contributed by atoms with E-state index in [4.69, 9.17) is 18.0 Å². The van der Waals surface area contributed by atoms with Crippen LogP contribution < -0.4 is 11.1 Å². The molecule has 1 unspecified atom stereocenters. The Balaban J connectivity index is 1.87. The Morgan fingerprint density at radius 3 is 2.90 bits per heavy atom. The molecular weight excluding hydrogens is 270 g/mol. The quantitative estimate of drug-likeness (QED) is 0.815. The first kappa shape index (κ1) is 14.9. The Bertz CT molecular complexity index is 504. The average Bonchev–Trinajstić information content (AvgIpc) is 2.83. The summed E-state index contributed by atoms with van der Waals surface area (Å²) in [6, 6.07) is 7.36. The molecule has 1 heterocycles. The molecule has 20 heavy (non-hydrogen) atoms. The molecule has 0 aromatic heterocycles. The number of likely N-dealkylation sites (tertiary alicyclic amines) is 1. The van der Waals surface area contributed by atoms with E-state index in [9.17, 15) is 4.79 Å². The van der Waals surface area contributed by atoms with Crippen molar-refractivity contribution in [2.45, 2.75) is 19.8 Å². The van der Waals surface area contributed by atoms with Crippen LogP contribution in [-0.4, -0.2) is 35.4 Å². The zero-order chi connectivity index (χ0) is 14.5. The third-order valence-electron chi connectivity index (χ3n) is 3.63. The Morgan fingerprint density at radius 1 is 1.50 bits per heavy atom. The minimum atomic E-state index is 0.00764. The molecule has 1 aromatic rings. The van der Waals surface area contributed by atoms with Crippen LogP contribution in [0.2, 0.25) is 0 Å². The van der Waals surface area contributed by atoms with E-state index in [1.807, 2.05) is 24.3 Å². The van der Waals surface area contributed by atoms with Gasteiger partial charge in [-0.15, -0.1) is 0 Å². The average molecular weight is 291 g/mol. The molecule has 3 N–H and O–H groups in total. The van der Waals surface area contributed by atoms with Crippen molar-refractivity contribution in [3.8, 4) is 0 Å². The minimum Gasteiger partial charge on any atom is -0.389 e. The smallest absolute Gasteiger partial charge is 0.225 e. The van der Waals surface area contributed by atoms with Crippen molar-refractivity contribution >= 4 is 28.8 Å². The van der Waals surface area contributed by atoms with Crippen LogP contribution in [0.4, 0.5) is 5.69 Å². The van der Waals surface area contributed by atoms with E-state index in [-0.39, 0.29) is 5.91 Å². The second kappa shape index (κ2) is 6.81. The molecule has 1 amide bonds. The van der Waals surface area contributed by atoms with Gasteiger partial charge in [0.15, 0.2) is 0 Å². The van der Waals surface area contributed by atoms with E-state index in [1.165, 1.54) is 6.42 Å². The summed E-state index contributed by atoms with van der Waals surface area (Å²) in [6.07, 6.45) is 1.73. The van der Waals surface area contributed by atoms with Crippen molar-refractivity contribution in [3.63, 3.8) is 0 Å². The minimum absolute atomic E-state index is 0.00764. The Hall–Kier alpha value is -1.46. The van der Waals surface area contributed by atoms with Gasteiger partial charge in [0.25, 0.3) is 0 Å². The van der Waals surface area contributed by atoms with E-state index in [2.05, 4.69) is 17.1 Å². The topological polar surface area (TPSA) is 58.4 Å². The highest BCUT2D eigenvalue weighted by Gasteiger charge is 2.19. The number of nitrogens with zero attached hydrogens (tertiary/aromatic N) is 1. The Morgan fingerprint density at radius 2 is 2.25 bits per heavy atom. The number of amides is 1. The number of carbonyl (C=O) groups is 1. The van der Waals surface area contributed by atoms with Crippen molar-refractivity contribution in [3.05, 3.63) is 29.8 Å². The van der Waals surface area contributed by atoms with Gasteiger partial charge in [0.2, 0.25) is 5.91 Å². The lowest BCUT2D eigenvalue weighted by Gasteiger charge is -2.15. The van der Waals surface area contributed by atoms with Crippen LogP contribution in [0.25, 0.3) is 0 Å². The molecule has 1 aliphatic heterocycles.